The second-order valence-corrected chi connectivity index (χ2v) is 6.43. The molecule has 0 radical (unpaired) electrons. The monoisotopic (exact) mass is 279 g/mol. The van der Waals surface area contributed by atoms with E-state index in [9.17, 15) is 0 Å². The highest BCUT2D eigenvalue weighted by molar-refractivity contribution is 5.32. The number of benzene rings is 2. The van der Waals surface area contributed by atoms with Gasteiger partial charge in [-0.2, -0.15) is 0 Å². The summed E-state index contributed by atoms with van der Waals surface area (Å²) in [6.07, 6.45) is 3.82. The lowest BCUT2D eigenvalue weighted by Crippen LogP contribution is -2.25. The maximum absolute atomic E-state index is 3.72. The van der Waals surface area contributed by atoms with Crippen LogP contribution in [-0.2, 0) is 6.42 Å². The van der Waals surface area contributed by atoms with Crippen LogP contribution >= 0.6 is 0 Å². The van der Waals surface area contributed by atoms with E-state index >= 15 is 0 Å². The van der Waals surface area contributed by atoms with Crippen LogP contribution < -0.4 is 5.32 Å². The Balaban J connectivity index is 1.79. The molecule has 0 aliphatic heterocycles. The second kappa shape index (κ2) is 6.44. The van der Waals surface area contributed by atoms with Crippen molar-refractivity contribution in [3.05, 3.63) is 70.8 Å². The highest BCUT2D eigenvalue weighted by Gasteiger charge is 2.23. The molecule has 1 aliphatic carbocycles. The maximum Gasteiger partial charge on any atom is 0.00684 e. The lowest BCUT2D eigenvalue weighted by molar-refractivity contribution is 0.575. The highest BCUT2D eigenvalue weighted by Crippen LogP contribution is 2.26. The zero-order chi connectivity index (χ0) is 14.7. The quantitative estimate of drug-likeness (QED) is 0.827. The smallest absolute Gasteiger partial charge is 0.00684 e. The van der Waals surface area contributed by atoms with Gasteiger partial charge in [0.1, 0.15) is 0 Å². The molecule has 0 aromatic heterocycles. The molecule has 1 nitrogen and oxygen atoms in total. The SMILES string of the molecule is Cc1cccc(CC(CNC2CC2)c2ccccc2C)c1. The Morgan fingerprint density at radius 1 is 1.05 bits per heavy atom. The third-order valence-electron chi connectivity index (χ3n) is 4.42. The first-order valence-electron chi connectivity index (χ1n) is 8.07. The summed E-state index contributed by atoms with van der Waals surface area (Å²) in [5.41, 5.74) is 5.70. The summed E-state index contributed by atoms with van der Waals surface area (Å²) >= 11 is 0. The van der Waals surface area contributed by atoms with Crippen LogP contribution in [0.1, 0.15) is 41.0 Å². The van der Waals surface area contributed by atoms with Crippen molar-refractivity contribution >= 4 is 0 Å². The summed E-state index contributed by atoms with van der Waals surface area (Å²) in [5.74, 6) is 0.564. The van der Waals surface area contributed by atoms with Gasteiger partial charge >= 0.3 is 0 Å². The van der Waals surface area contributed by atoms with Crippen molar-refractivity contribution in [3.8, 4) is 0 Å². The van der Waals surface area contributed by atoms with Crippen LogP contribution in [0.3, 0.4) is 0 Å². The maximum atomic E-state index is 3.72. The fraction of sp³-hybridized carbons (Fsp3) is 0.400. The molecule has 1 saturated carbocycles. The Hall–Kier alpha value is -1.60. The van der Waals surface area contributed by atoms with E-state index in [0.29, 0.717) is 5.92 Å². The first-order valence-corrected chi connectivity index (χ1v) is 8.07. The van der Waals surface area contributed by atoms with Crippen LogP contribution in [0.2, 0.25) is 0 Å². The first kappa shape index (κ1) is 14.3. The Kier molecular flexibility index (Phi) is 4.40. The standard InChI is InChI=1S/C20H25N/c1-15-6-5-8-17(12-15)13-18(14-21-19-10-11-19)20-9-4-3-7-16(20)2/h3-9,12,18-19,21H,10-11,13-14H2,1-2H3. The number of rotatable bonds is 6. The molecule has 3 rings (SSSR count). The molecule has 1 atom stereocenters. The van der Waals surface area contributed by atoms with E-state index in [2.05, 4.69) is 67.7 Å². The molecular formula is C20H25N. The van der Waals surface area contributed by atoms with Gasteiger partial charge in [-0.05, 0) is 49.8 Å². The topological polar surface area (TPSA) is 12.0 Å². The van der Waals surface area contributed by atoms with Crippen molar-refractivity contribution in [3.63, 3.8) is 0 Å². The Labute approximate surface area is 128 Å². The molecule has 21 heavy (non-hydrogen) atoms. The van der Waals surface area contributed by atoms with Gasteiger partial charge in [0.05, 0.1) is 0 Å². The summed E-state index contributed by atoms with van der Waals surface area (Å²) in [6.45, 7) is 5.49. The molecule has 1 unspecified atom stereocenters. The molecule has 0 heterocycles. The van der Waals surface area contributed by atoms with E-state index in [1.165, 1.54) is 35.1 Å². The zero-order valence-electron chi connectivity index (χ0n) is 13.1. The highest BCUT2D eigenvalue weighted by atomic mass is 14.9. The van der Waals surface area contributed by atoms with Gasteiger partial charge in [0.15, 0.2) is 0 Å². The molecular weight excluding hydrogens is 254 g/mol. The first-order chi connectivity index (χ1) is 10.2. The van der Waals surface area contributed by atoms with Gasteiger partial charge in [-0.3, -0.25) is 0 Å². The van der Waals surface area contributed by atoms with E-state index in [1.807, 2.05) is 0 Å². The number of hydrogen-bond acceptors (Lipinski definition) is 1. The molecule has 0 saturated heterocycles. The van der Waals surface area contributed by atoms with Crippen molar-refractivity contribution in [2.75, 3.05) is 6.54 Å². The van der Waals surface area contributed by atoms with E-state index in [1.54, 1.807) is 0 Å². The van der Waals surface area contributed by atoms with Crippen molar-refractivity contribution in [2.24, 2.45) is 0 Å². The lowest BCUT2D eigenvalue weighted by atomic mass is 9.88. The zero-order valence-corrected chi connectivity index (χ0v) is 13.1. The van der Waals surface area contributed by atoms with E-state index in [-0.39, 0.29) is 0 Å². The van der Waals surface area contributed by atoms with Gasteiger partial charge < -0.3 is 5.32 Å². The van der Waals surface area contributed by atoms with E-state index in [4.69, 9.17) is 0 Å². The summed E-state index contributed by atoms with van der Waals surface area (Å²) in [7, 11) is 0. The van der Waals surface area contributed by atoms with Crippen molar-refractivity contribution < 1.29 is 0 Å². The molecule has 1 N–H and O–H groups in total. The van der Waals surface area contributed by atoms with Crippen molar-refractivity contribution in [2.45, 2.75) is 45.1 Å². The molecule has 1 heteroatoms. The van der Waals surface area contributed by atoms with E-state index in [0.717, 1.165) is 19.0 Å². The predicted molar refractivity (Wildman–Crippen MR) is 89.8 cm³/mol. The van der Waals surface area contributed by atoms with Crippen molar-refractivity contribution in [1.29, 1.82) is 0 Å². The molecule has 1 aliphatic rings. The summed E-state index contributed by atoms with van der Waals surface area (Å²) in [6, 6.07) is 18.5. The van der Waals surface area contributed by atoms with Crippen molar-refractivity contribution in [1.82, 2.24) is 5.32 Å². The van der Waals surface area contributed by atoms with Gasteiger partial charge in [-0.15, -0.1) is 0 Å². The van der Waals surface area contributed by atoms with Gasteiger partial charge in [0.2, 0.25) is 0 Å². The average Bonchev–Trinajstić information content (AvgIpc) is 3.28. The summed E-state index contributed by atoms with van der Waals surface area (Å²) in [5, 5.41) is 3.72. The average molecular weight is 279 g/mol. The summed E-state index contributed by atoms with van der Waals surface area (Å²) in [4.78, 5) is 0. The van der Waals surface area contributed by atoms with Crippen LogP contribution in [0.4, 0.5) is 0 Å². The molecule has 1 fully saturated rings. The molecule has 0 amide bonds. The number of aryl methyl sites for hydroxylation is 2. The fourth-order valence-electron chi connectivity index (χ4n) is 3.06. The molecule has 0 spiro atoms. The largest absolute Gasteiger partial charge is 0.313 e. The third-order valence-corrected chi connectivity index (χ3v) is 4.42. The molecule has 2 aromatic carbocycles. The number of hydrogen-bond donors (Lipinski definition) is 1. The minimum Gasteiger partial charge on any atom is -0.313 e. The van der Waals surface area contributed by atoms with Gasteiger partial charge in [-0.1, -0.05) is 54.1 Å². The summed E-state index contributed by atoms with van der Waals surface area (Å²) < 4.78 is 0. The van der Waals surface area contributed by atoms with Gasteiger partial charge in [-0.25, -0.2) is 0 Å². The Bertz CT molecular complexity index is 598. The van der Waals surface area contributed by atoms with Gasteiger partial charge in [0.25, 0.3) is 0 Å². The fourth-order valence-corrected chi connectivity index (χ4v) is 3.06. The third kappa shape index (κ3) is 3.95. The molecule has 110 valence electrons. The van der Waals surface area contributed by atoms with Crippen LogP contribution in [0.25, 0.3) is 0 Å². The lowest BCUT2D eigenvalue weighted by Gasteiger charge is -2.20. The predicted octanol–water partition coefficient (Wildman–Crippen LogP) is 4.38. The van der Waals surface area contributed by atoms with Crippen LogP contribution in [0.15, 0.2) is 48.5 Å². The van der Waals surface area contributed by atoms with Crippen LogP contribution in [0.5, 0.6) is 0 Å². The van der Waals surface area contributed by atoms with Crippen LogP contribution in [-0.4, -0.2) is 12.6 Å². The number of nitrogens with one attached hydrogen (secondary N) is 1. The van der Waals surface area contributed by atoms with Gasteiger partial charge in [0, 0.05) is 18.5 Å². The normalized spacial score (nSPS) is 15.9. The van der Waals surface area contributed by atoms with Crippen LogP contribution in [0, 0.1) is 13.8 Å². The Morgan fingerprint density at radius 3 is 2.57 bits per heavy atom. The molecule has 0 bridgehead atoms. The minimum atomic E-state index is 0.564. The Morgan fingerprint density at radius 2 is 1.86 bits per heavy atom. The van der Waals surface area contributed by atoms with E-state index < -0.39 is 0 Å². The molecule has 2 aromatic rings. The second-order valence-electron chi connectivity index (χ2n) is 6.43. The minimum absolute atomic E-state index is 0.564.